The van der Waals surface area contributed by atoms with Gasteiger partial charge in [-0.2, -0.15) is 0 Å². The van der Waals surface area contributed by atoms with Crippen LogP contribution in [0.1, 0.15) is 51.4 Å². The van der Waals surface area contributed by atoms with Crippen molar-refractivity contribution in [1.29, 1.82) is 0 Å². The lowest BCUT2D eigenvalue weighted by Crippen LogP contribution is -2.49. The molecule has 0 spiro atoms. The summed E-state index contributed by atoms with van der Waals surface area (Å²) in [7, 11) is 0. The Labute approximate surface area is 149 Å². The second-order valence-electron chi connectivity index (χ2n) is 10.1. The van der Waals surface area contributed by atoms with Crippen molar-refractivity contribution in [3.63, 3.8) is 0 Å². The van der Waals surface area contributed by atoms with Crippen LogP contribution in [0, 0.1) is 53.3 Å². The van der Waals surface area contributed by atoms with Crippen LogP contribution in [0.3, 0.4) is 0 Å². The average molecular weight is 342 g/mol. The zero-order chi connectivity index (χ0) is 16.9. The van der Waals surface area contributed by atoms with Gasteiger partial charge >= 0.3 is 0 Å². The van der Waals surface area contributed by atoms with Gasteiger partial charge in [-0.25, -0.2) is 0 Å². The number of hydrogen-bond acceptors (Lipinski definition) is 3. The molecule has 25 heavy (non-hydrogen) atoms. The Morgan fingerprint density at radius 1 is 1.00 bits per heavy atom. The minimum Gasteiger partial charge on any atom is -0.396 e. The summed E-state index contributed by atoms with van der Waals surface area (Å²) in [6.45, 7) is 0.206. The number of aliphatic hydroxyl groups excluding tert-OH is 1. The minimum absolute atomic E-state index is 0.206. The van der Waals surface area contributed by atoms with Crippen molar-refractivity contribution in [2.45, 2.75) is 57.0 Å². The van der Waals surface area contributed by atoms with Crippen LogP contribution in [0.5, 0.6) is 0 Å². The number of carbonyl (C=O) groups excluding carboxylic acids is 1. The summed E-state index contributed by atoms with van der Waals surface area (Å²) >= 11 is 0. The van der Waals surface area contributed by atoms with Crippen LogP contribution in [-0.2, 0) is 4.79 Å². The summed E-state index contributed by atoms with van der Waals surface area (Å²) in [4.78, 5) is 11.9. The Hall–Kier alpha value is -0.670. The molecule has 0 aromatic rings. The highest BCUT2D eigenvalue weighted by atomic mass is 16.3. The summed E-state index contributed by atoms with van der Waals surface area (Å²) < 4.78 is 0. The molecular formula is C22H30O3. The summed E-state index contributed by atoms with van der Waals surface area (Å²) in [5, 5.41) is 20.8. The Bertz CT molecular complexity index is 654. The van der Waals surface area contributed by atoms with Gasteiger partial charge in [-0.3, -0.25) is 4.79 Å². The van der Waals surface area contributed by atoms with Crippen molar-refractivity contribution >= 4 is 5.78 Å². The number of hydrogen-bond donors (Lipinski definition) is 2. The molecule has 0 aliphatic heterocycles. The van der Waals surface area contributed by atoms with E-state index in [0.29, 0.717) is 29.5 Å². The van der Waals surface area contributed by atoms with Gasteiger partial charge in [0.1, 0.15) is 0 Å². The zero-order valence-corrected chi connectivity index (χ0v) is 14.9. The maximum atomic E-state index is 11.9. The first-order valence-electron chi connectivity index (χ1n) is 10.7. The van der Waals surface area contributed by atoms with Crippen LogP contribution >= 0.6 is 0 Å². The van der Waals surface area contributed by atoms with Gasteiger partial charge in [-0.05, 0) is 104 Å². The molecule has 0 heterocycles. The van der Waals surface area contributed by atoms with Gasteiger partial charge in [0, 0.05) is 13.0 Å². The molecule has 0 bridgehead atoms. The van der Waals surface area contributed by atoms with Crippen molar-refractivity contribution in [1.82, 2.24) is 0 Å². The smallest absolute Gasteiger partial charge is 0.155 e. The predicted octanol–water partition coefficient (Wildman–Crippen LogP) is 2.95. The SMILES string of the molecule is O=C1C=C2C(CC1)C1CCC3C(C4CC4C3(O)CCCO)C1C1CC21. The van der Waals surface area contributed by atoms with Gasteiger partial charge in [-0.15, -0.1) is 0 Å². The standard InChI is InChI=1S/C22H30O3/c23-7-1-6-22(25)18-5-4-13-12-3-2-11(24)8-14(12)15-9-16(15)20(13)21(18)17-10-19(17)22/h8,12-13,15-21,23,25H,1-7,9-10H2. The summed E-state index contributed by atoms with van der Waals surface area (Å²) in [5.41, 5.74) is 1.05. The maximum absolute atomic E-state index is 11.9. The Morgan fingerprint density at radius 3 is 2.72 bits per heavy atom. The zero-order valence-electron chi connectivity index (χ0n) is 14.9. The van der Waals surface area contributed by atoms with Crippen LogP contribution in [0.4, 0.5) is 0 Å². The normalized spacial score (nSPS) is 57.6. The van der Waals surface area contributed by atoms with Crippen molar-refractivity contribution in [2.24, 2.45) is 53.3 Å². The molecule has 136 valence electrons. The topological polar surface area (TPSA) is 57.5 Å². The molecule has 5 saturated carbocycles. The Morgan fingerprint density at radius 2 is 1.88 bits per heavy atom. The maximum Gasteiger partial charge on any atom is 0.155 e. The van der Waals surface area contributed by atoms with E-state index in [9.17, 15) is 15.0 Å². The van der Waals surface area contributed by atoms with Gasteiger partial charge in [0.2, 0.25) is 0 Å². The summed E-state index contributed by atoms with van der Waals surface area (Å²) in [6, 6.07) is 0. The lowest BCUT2D eigenvalue weighted by atomic mass is 9.54. The number of aliphatic hydroxyl groups is 2. The minimum atomic E-state index is -0.480. The van der Waals surface area contributed by atoms with Crippen LogP contribution in [0.15, 0.2) is 11.6 Å². The van der Waals surface area contributed by atoms with Gasteiger partial charge in [-0.1, -0.05) is 5.57 Å². The molecule has 0 radical (unpaired) electrons. The third-order valence-electron chi connectivity index (χ3n) is 9.30. The lowest BCUT2D eigenvalue weighted by molar-refractivity contribution is -0.116. The molecule has 0 saturated heterocycles. The van der Waals surface area contributed by atoms with E-state index >= 15 is 0 Å². The highest BCUT2D eigenvalue weighted by Gasteiger charge is 2.73. The van der Waals surface area contributed by atoms with E-state index in [1.54, 1.807) is 0 Å². The molecule has 6 aliphatic rings. The van der Waals surface area contributed by atoms with Crippen LogP contribution < -0.4 is 0 Å². The van der Waals surface area contributed by atoms with Crippen LogP contribution in [0.25, 0.3) is 0 Å². The fourth-order valence-electron chi connectivity index (χ4n) is 8.47. The molecule has 10 atom stereocenters. The second kappa shape index (κ2) is 4.98. The molecule has 3 nitrogen and oxygen atoms in total. The molecule has 2 N–H and O–H groups in total. The summed E-state index contributed by atoms with van der Waals surface area (Å²) in [6.07, 6.45) is 10.4. The third-order valence-corrected chi connectivity index (χ3v) is 9.30. The first-order chi connectivity index (χ1) is 12.1. The quantitative estimate of drug-likeness (QED) is 0.829. The molecule has 0 aromatic heterocycles. The molecule has 10 unspecified atom stereocenters. The third kappa shape index (κ3) is 1.92. The van der Waals surface area contributed by atoms with Crippen molar-refractivity contribution in [3.8, 4) is 0 Å². The van der Waals surface area contributed by atoms with Crippen LogP contribution in [-0.4, -0.2) is 28.2 Å². The molecular weight excluding hydrogens is 312 g/mol. The fourth-order valence-corrected chi connectivity index (χ4v) is 8.47. The highest BCUT2D eigenvalue weighted by Crippen LogP contribution is 2.75. The second-order valence-corrected chi connectivity index (χ2v) is 10.1. The molecule has 0 aromatic carbocycles. The van der Waals surface area contributed by atoms with Gasteiger partial charge in [0.15, 0.2) is 5.78 Å². The van der Waals surface area contributed by atoms with Gasteiger partial charge < -0.3 is 10.2 Å². The van der Waals surface area contributed by atoms with E-state index in [4.69, 9.17) is 0 Å². The van der Waals surface area contributed by atoms with Gasteiger partial charge in [0.25, 0.3) is 0 Å². The molecule has 5 fully saturated rings. The Balaban J connectivity index is 1.33. The number of allylic oxidation sites excluding steroid dienone is 1. The number of fused-ring (bicyclic) bond motifs is 10. The van der Waals surface area contributed by atoms with Crippen molar-refractivity contribution in [3.05, 3.63) is 11.6 Å². The average Bonchev–Trinajstić information content (AvgIpc) is 3.51. The van der Waals surface area contributed by atoms with Crippen molar-refractivity contribution < 1.29 is 15.0 Å². The molecule has 0 amide bonds. The van der Waals surface area contributed by atoms with Crippen LogP contribution in [0.2, 0.25) is 0 Å². The number of ketones is 1. The Kier molecular flexibility index (Phi) is 3.07. The first kappa shape index (κ1) is 15.4. The van der Waals surface area contributed by atoms with Crippen molar-refractivity contribution in [2.75, 3.05) is 6.61 Å². The number of rotatable bonds is 3. The van der Waals surface area contributed by atoms with E-state index in [2.05, 4.69) is 0 Å². The number of carbonyl (C=O) groups is 1. The van der Waals surface area contributed by atoms with E-state index < -0.39 is 5.60 Å². The fraction of sp³-hybridized carbons (Fsp3) is 0.864. The van der Waals surface area contributed by atoms with E-state index in [1.165, 1.54) is 31.3 Å². The van der Waals surface area contributed by atoms with E-state index in [0.717, 1.165) is 55.3 Å². The molecule has 6 rings (SSSR count). The lowest BCUT2D eigenvalue weighted by Gasteiger charge is -2.52. The highest BCUT2D eigenvalue weighted by molar-refractivity contribution is 5.91. The predicted molar refractivity (Wildman–Crippen MR) is 93.5 cm³/mol. The van der Waals surface area contributed by atoms with E-state index in [-0.39, 0.29) is 6.61 Å². The molecule has 6 aliphatic carbocycles. The monoisotopic (exact) mass is 342 g/mol. The first-order valence-corrected chi connectivity index (χ1v) is 10.7. The summed E-state index contributed by atoms with van der Waals surface area (Å²) in [5.74, 6) is 6.67. The largest absolute Gasteiger partial charge is 0.396 e. The van der Waals surface area contributed by atoms with Gasteiger partial charge in [0.05, 0.1) is 5.60 Å². The van der Waals surface area contributed by atoms with E-state index in [1.807, 2.05) is 6.08 Å². The molecule has 3 heteroatoms.